The van der Waals surface area contributed by atoms with E-state index in [0.717, 1.165) is 72.1 Å². The maximum absolute atomic E-state index is 16.0. The quantitative estimate of drug-likeness (QED) is 0.0376. The van der Waals surface area contributed by atoms with E-state index in [1.165, 1.54) is 104 Å². The van der Waals surface area contributed by atoms with Gasteiger partial charge >= 0.3 is 0 Å². The highest BCUT2D eigenvalue weighted by Crippen LogP contribution is 2.51. The molecule has 0 unspecified atom stereocenters. The lowest BCUT2D eigenvalue weighted by atomic mass is 9.91. The number of nitrogens with one attached hydrogen (secondary N) is 2. The van der Waals surface area contributed by atoms with Crippen LogP contribution in [0.2, 0.25) is 20.1 Å². The van der Waals surface area contributed by atoms with Gasteiger partial charge in [-0.2, -0.15) is 0 Å². The molecule has 11 heterocycles. The van der Waals surface area contributed by atoms with Gasteiger partial charge < -0.3 is 70.3 Å². The lowest BCUT2D eigenvalue weighted by Gasteiger charge is -2.38. The first-order valence-corrected chi connectivity index (χ1v) is 45.1. The first-order chi connectivity index (χ1) is 66.4. The van der Waals surface area contributed by atoms with E-state index >= 15 is 17.6 Å². The number of phenols is 4. The summed E-state index contributed by atoms with van der Waals surface area (Å²) in [7, 11) is 0. The second kappa shape index (κ2) is 39.4. The Morgan fingerprint density at radius 1 is 0.377 bits per heavy atom. The molecule has 4 amide bonds. The third kappa shape index (κ3) is 17.8. The molecule has 6 N–H and O–H groups in total. The standard InChI is InChI=1S/C26H21ClF2N4O2.C26H24ClF2N3O2.C25H20ClF2N5O2.C24H18ClF2N5O2/c1-3-20(35)32-9-11-33(12-10-32)25-15-8-7-14(2)30-26(15)31-24-16(25)13-17(27)21(23(24)29)22-18(28)5-4-6-19(22)34;1-2-21(34)31-10-12-32(13-11-31)26-15-6-3-4-8-19(15)30-25-16(26)14-17(27)22(24(25)29)23-18(28)7-5-9-20(23)33;1-3-18(35)32-7-9-33(10-8-32)24-14-11-15(26)19(20-16(27)5-4-6-17(20)34)21(28)22(14)31-25-23(24)29-12-13(2)30-25;1-2-17(34)31-8-10-32(11-9-31)23-13-12-14(25)18(19-15(26)4-3-5-16(19)33)20(27)21(13)30-24-22(23)28-6-7-29-24/h3-8,13,34H,1-2,9-12H2,(H,30,31);2,5,7,9,14,33H,1,3-4,6,8,10-13H2;3-6,11-12,34H,1-2,7-10H2,(H,30,31);2-7,12,33H,1,8-11H2. The number of carbonyl (C=O) groups excluding carboxylic acids is 4. The summed E-state index contributed by atoms with van der Waals surface area (Å²) in [5.41, 5.74) is 4.07. The van der Waals surface area contributed by atoms with E-state index in [9.17, 15) is 57.2 Å². The number of aromatic hydroxyl groups is 4. The van der Waals surface area contributed by atoms with E-state index < -0.39 is 63.8 Å². The Morgan fingerprint density at radius 2 is 0.746 bits per heavy atom. The second-order valence-electron chi connectivity index (χ2n) is 32.9. The number of phenolic OH excluding ortho intramolecular Hbond substituents is 4. The number of carbonyl (C=O) groups is 4. The fourth-order valence-corrected chi connectivity index (χ4v) is 19.6. The van der Waals surface area contributed by atoms with Crippen LogP contribution in [0, 0.1) is 46.5 Å². The van der Waals surface area contributed by atoms with E-state index in [2.05, 4.69) is 89.9 Å². The van der Waals surface area contributed by atoms with Gasteiger partial charge in [-0.05, 0) is 140 Å². The Kier molecular flexibility index (Phi) is 27.1. The maximum Gasteiger partial charge on any atom is 0.246 e. The van der Waals surface area contributed by atoms with Gasteiger partial charge in [0.15, 0.2) is 34.7 Å². The third-order valence-electron chi connectivity index (χ3n) is 25.0. The van der Waals surface area contributed by atoms with Crippen LogP contribution in [0.3, 0.4) is 0 Å². The van der Waals surface area contributed by atoms with E-state index in [-0.39, 0.29) is 128 Å². The second-order valence-corrected chi connectivity index (χ2v) is 34.5. The zero-order valence-corrected chi connectivity index (χ0v) is 76.5. The number of amides is 4. The first kappa shape index (κ1) is 94.8. The van der Waals surface area contributed by atoms with Crippen LogP contribution in [0.1, 0.15) is 35.2 Å². The Bertz CT molecular complexity index is 7240. The van der Waals surface area contributed by atoms with Gasteiger partial charge in [-0.3, -0.25) is 19.2 Å². The zero-order chi connectivity index (χ0) is 97.7. The number of hydrogen-bond donors (Lipinski definition) is 6. The lowest BCUT2D eigenvalue weighted by Crippen LogP contribution is -2.49. The Hall–Kier alpha value is -14.9. The predicted molar refractivity (Wildman–Crippen MR) is 516 cm³/mol. The number of rotatable bonds is 12. The maximum atomic E-state index is 16.0. The Morgan fingerprint density at radius 3 is 1.19 bits per heavy atom. The van der Waals surface area contributed by atoms with Gasteiger partial charge in [-0.15, -0.1) is 0 Å². The smallest absolute Gasteiger partial charge is 0.246 e. The van der Waals surface area contributed by atoms with Crippen molar-refractivity contribution in [3.05, 3.63) is 289 Å². The van der Waals surface area contributed by atoms with Crippen molar-refractivity contribution < 1.29 is 74.7 Å². The summed E-state index contributed by atoms with van der Waals surface area (Å²) >= 11 is 26.0. The molecule has 8 aromatic carbocycles. The number of aromatic nitrogens is 7. The molecule has 4 fully saturated rings. The molecule has 0 atom stereocenters. The molecule has 37 heteroatoms. The molecule has 4 saturated heterocycles. The summed E-state index contributed by atoms with van der Waals surface area (Å²) < 4.78 is 122. The van der Waals surface area contributed by atoms with Crippen molar-refractivity contribution in [3.63, 3.8) is 0 Å². The zero-order valence-electron chi connectivity index (χ0n) is 73.5. The fraction of sp³-hybridized carbons (Fsp3) is 0.198. The summed E-state index contributed by atoms with van der Waals surface area (Å²) in [6, 6.07) is 24.7. The number of piperazine rings is 4. The molecule has 0 spiro atoms. The number of halogens is 12. The van der Waals surface area contributed by atoms with E-state index in [1.54, 1.807) is 37.8 Å². The molecule has 138 heavy (non-hydrogen) atoms. The van der Waals surface area contributed by atoms with Gasteiger partial charge in [-0.1, -0.05) is 110 Å². The topological polar surface area (TPSA) is 289 Å². The molecule has 0 bridgehead atoms. The fourth-order valence-electron chi connectivity index (χ4n) is 18.4. The molecule has 25 nitrogen and oxygen atoms in total. The average Bonchev–Trinajstić information content (AvgIpc) is 0.744. The van der Waals surface area contributed by atoms with E-state index in [1.807, 2.05) is 20.8 Å². The van der Waals surface area contributed by atoms with Crippen molar-refractivity contribution in [1.82, 2.24) is 64.3 Å². The highest BCUT2D eigenvalue weighted by molar-refractivity contribution is 6.36. The first-order valence-electron chi connectivity index (χ1n) is 43.6. The minimum Gasteiger partial charge on any atom is -0.507 e. The van der Waals surface area contributed by atoms with Crippen LogP contribution >= 0.6 is 46.4 Å². The third-order valence-corrected chi connectivity index (χ3v) is 26.2. The van der Waals surface area contributed by atoms with Crippen molar-refractivity contribution in [2.24, 2.45) is 0 Å². The molecule has 13 aromatic rings. The predicted octanol–water partition coefficient (Wildman–Crippen LogP) is 15.6. The minimum atomic E-state index is -0.878. The number of hydrogen-bond acceptors (Lipinski definition) is 21. The minimum absolute atomic E-state index is 0.00433. The molecule has 5 aromatic heterocycles. The SMILES string of the molecule is C=CC(=O)N1CCN(C2=c3ccc(=C)nc3Nc3c2cc(Cl)c(-c2c(O)cccc2F)c3F)CC1.C=CC(=O)N1CCN(C2=c3ncc(=C)nc3Nc3c2cc(Cl)c(-c2c(O)cccc2F)c3F)CC1.C=CC(=O)N1CCN(c2c3c(nc4c(F)c(-c5c(O)cccc5F)c(Cl)cc24)CCCC3)CC1.C=CC(=O)N1CCN(c2c3cc(Cl)c(-c4c(O)cccc4F)c(F)c3nc3nccnc23)CC1. The van der Waals surface area contributed by atoms with Crippen molar-refractivity contribution in [2.45, 2.75) is 25.7 Å². The van der Waals surface area contributed by atoms with Crippen LogP contribution in [0.15, 0.2) is 178 Å². The van der Waals surface area contributed by atoms with E-state index in [4.69, 9.17) is 46.4 Å². The van der Waals surface area contributed by atoms with Gasteiger partial charge in [0.25, 0.3) is 0 Å². The van der Waals surface area contributed by atoms with Crippen LogP contribution in [0.25, 0.3) is 102 Å². The summed E-state index contributed by atoms with van der Waals surface area (Å²) in [6.45, 7) is 29.5. The molecule has 0 saturated carbocycles. The molecule has 704 valence electrons. The number of benzene rings is 8. The molecule has 1 aliphatic carbocycles. The lowest BCUT2D eigenvalue weighted by molar-refractivity contribution is -0.128. The van der Waals surface area contributed by atoms with Crippen molar-refractivity contribution in [2.75, 3.05) is 125 Å². The van der Waals surface area contributed by atoms with Crippen molar-refractivity contribution >= 4 is 162 Å². The number of pyridine rings is 3. The highest BCUT2D eigenvalue weighted by atomic mass is 35.5. The highest BCUT2D eigenvalue weighted by Gasteiger charge is 2.38. The van der Waals surface area contributed by atoms with Crippen molar-refractivity contribution in [3.8, 4) is 67.5 Å². The normalized spacial score (nSPS) is 14.9. The molecule has 20 rings (SSSR count). The largest absolute Gasteiger partial charge is 0.507 e. The summed E-state index contributed by atoms with van der Waals surface area (Å²) in [5.74, 6) is -8.05. The Labute approximate surface area is 803 Å². The monoisotopic (exact) mass is 1950 g/mol. The van der Waals surface area contributed by atoms with Gasteiger partial charge in [-0.25, -0.2) is 70.0 Å². The van der Waals surface area contributed by atoms with E-state index in [0.29, 0.717) is 171 Å². The molecule has 7 aliphatic rings. The molecule has 0 radical (unpaired) electrons. The van der Waals surface area contributed by atoms with Gasteiger partial charge in [0, 0.05) is 172 Å². The number of anilines is 6. The van der Waals surface area contributed by atoms with Crippen molar-refractivity contribution in [1.29, 1.82) is 0 Å². The summed E-state index contributed by atoms with van der Waals surface area (Å²) in [6.07, 6.45) is 13.1. The summed E-state index contributed by atoms with van der Waals surface area (Å²) in [5, 5.41) is 49.8. The molecular weight excluding hydrogens is 1870 g/mol. The summed E-state index contributed by atoms with van der Waals surface area (Å²) in [4.78, 5) is 94.0. The number of aryl methyl sites for hydroxylation is 1. The van der Waals surface area contributed by atoms with Crippen LogP contribution in [0.5, 0.6) is 23.0 Å². The van der Waals surface area contributed by atoms with Crippen LogP contribution in [-0.2, 0) is 32.0 Å². The van der Waals surface area contributed by atoms with Crippen LogP contribution in [0.4, 0.5) is 69.5 Å². The van der Waals surface area contributed by atoms with Gasteiger partial charge in [0.2, 0.25) is 23.6 Å². The van der Waals surface area contributed by atoms with Gasteiger partial charge in [0.1, 0.15) is 74.0 Å². The molecular formula is C101H83Cl4F8N17O8. The molecule has 6 aliphatic heterocycles. The number of fused-ring (bicyclic) bond motifs is 8. The Balaban J connectivity index is 0.000000127. The van der Waals surface area contributed by atoms with Crippen LogP contribution < -0.4 is 41.7 Å². The average molecular weight is 1960 g/mol. The number of nitrogens with zero attached hydrogens (tertiary/aromatic N) is 15. The van der Waals surface area contributed by atoms with Crippen LogP contribution in [-0.4, -0.2) is 213 Å². The van der Waals surface area contributed by atoms with Gasteiger partial charge in [0.05, 0.1) is 93.4 Å².